The first-order valence-corrected chi connectivity index (χ1v) is 4.40. The van der Waals surface area contributed by atoms with E-state index in [0.717, 1.165) is 0 Å². The second-order valence-corrected chi connectivity index (χ2v) is 3.25. The van der Waals surface area contributed by atoms with Crippen LogP contribution in [-0.2, 0) is 9.53 Å². The van der Waals surface area contributed by atoms with Gasteiger partial charge in [0.1, 0.15) is 0 Å². The lowest BCUT2D eigenvalue weighted by Crippen LogP contribution is -2.38. The zero-order valence-corrected chi connectivity index (χ0v) is 8.52. The van der Waals surface area contributed by atoms with Gasteiger partial charge in [0.15, 0.2) is 0 Å². The molecule has 0 saturated heterocycles. The number of terminal acetylenes is 1. The van der Waals surface area contributed by atoms with Crippen LogP contribution in [0, 0.1) is 12.3 Å². The minimum Gasteiger partial charge on any atom is -0.466 e. The van der Waals surface area contributed by atoms with Crippen molar-refractivity contribution in [2.24, 2.45) is 0 Å². The van der Waals surface area contributed by atoms with Gasteiger partial charge in [0.05, 0.1) is 18.6 Å². The molecule has 0 amide bonds. The highest BCUT2D eigenvalue weighted by atomic mass is 16.5. The van der Waals surface area contributed by atoms with Gasteiger partial charge in [-0.05, 0) is 20.8 Å². The van der Waals surface area contributed by atoms with Gasteiger partial charge in [0.25, 0.3) is 0 Å². The molecule has 0 radical (unpaired) electrons. The van der Waals surface area contributed by atoms with E-state index in [2.05, 4.69) is 11.2 Å². The number of nitrogens with one attached hydrogen (secondary N) is 1. The van der Waals surface area contributed by atoms with Gasteiger partial charge in [-0.25, -0.2) is 0 Å². The molecule has 3 nitrogen and oxygen atoms in total. The van der Waals surface area contributed by atoms with Crippen molar-refractivity contribution in [1.82, 2.24) is 5.32 Å². The lowest BCUT2D eigenvalue weighted by Gasteiger charge is -2.18. The van der Waals surface area contributed by atoms with E-state index in [4.69, 9.17) is 11.2 Å². The molecule has 3 heteroatoms. The van der Waals surface area contributed by atoms with Crippen LogP contribution in [0.15, 0.2) is 0 Å². The summed E-state index contributed by atoms with van der Waals surface area (Å²) in [5.74, 6) is 2.39. The molecule has 0 atom stereocenters. The maximum Gasteiger partial charge on any atom is 0.307 e. The molecule has 0 aromatic heterocycles. The zero-order valence-electron chi connectivity index (χ0n) is 8.52. The molecule has 0 aliphatic rings. The first-order valence-electron chi connectivity index (χ1n) is 4.40. The predicted octanol–water partition coefficient (Wildman–Crippen LogP) is 0.941. The van der Waals surface area contributed by atoms with Gasteiger partial charge in [-0.15, -0.1) is 6.42 Å². The van der Waals surface area contributed by atoms with Gasteiger partial charge in [0, 0.05) is 6.54 Å². The summed E-state index contributed by atoms with van der Waals surface area (Å²) in [6, 6.07) is 0. The van der Waals surface area contributed by atoms with Gasteiger partial charge in [-0.2, -0.15) is 0 Å². The van der Waals surface area contributed by atoms with Crippen molar-refractivity contribution in [3.63, 3.8) is 0 Å². The van der Waals surface area contributed by atoms with E-state index in [9.17, 15) is 4.79 Å². The van der Waals surface area contributed by atoms with Gasteiger partial charge in [-0.3, -0.25) is 4.79 Å². The number of hydrogen-bond acceptors (Lipinski definition) is 3. The summed E-state index contributed by atoms with van der Waals surface area (Å²) in [5.41, 5.74) is -0.355. The summed E-state index contributed by atoms with van der Waals surface area (Å²) in [6.07, 6.45) is 5.61. The molecule has 0 aromatic carbocycles. The van der Waals surface area contributed by atoms with Crippen LogP contribution >= 0.6 is 0 Å². The standard InChI is InChI=1S/C10H17NO2/c1-5-10(3,4)11-8-7-9(12)13-6-2/h1,11H,6-8H2,2-4H3. The van der Waals surface area contributed by atoms with E-state index in [0.29, 0.717) is 19.6 Å². The van der Waals surface area contributed by atoms with E-state index in [1.807, 2.05) is 13.8 Å². The smallest absolute Gasteiger partial charge is 0.307 e. The molecular formula is C10H17NO2. The summed E-state index contributed by atoms with van der Waals surface area (Å²) >= 11 is 0. The van der Waals surface area contributed by atoms with Crippen molar-refractivity contribution in [2.45, 2.75) is 32.7 Å². The van der Waals surface area contributed by atoms with Crippen LogP contribution in [0.3, 0.4) is 0 Å². The summed E-state index contributed by atoms with van der Waals surface area (Å²) in [6.45, 7) is 6.54. The lowest BCUT2D eigenvalue weighted by atomic mass is 10.1. The predicted molar refractivity (Wildman–Crippen MR) is 52.2 cm³/mol. The van der Waals surface area contributed by atoms with E-state index >= 15 is 0 Å². The van der Waals surface area contributed by atoms with Gasteiger partial charge in [0.2, 0.25) is 0 Å². The van der Waals surface area contributed by atoms with Crippen molar-refractivity contribution < 1.29 is 9.53 Å². The fraction of sp³-hybridized carbons (Fsp3) is 0.700. The minimum atomic E-state index is -0.355. The second kappa shape index (κ2) is 5.60. The molecule has 0 saturated carbocycles. The molecule has 0 bridgehead atoms. The first kappa shape index (κ1) is 12.0. The zero-order chi connectivity index (χ0) is 10.3. The van der Waals surface area contributed by atoms with Crippen LogP contribution in [0.4, 0.5) is 0 Å². The Hall–Kier alpha value is -1.01. The normalized spacial score (nSPS) is 10.6. The molecule has 0 rings (SSSR count). The number of esters is 1. The number of ether oxygens (including phenoxy) is 1. The molecule has 13 heavy (non-hydrogen) atoms. The fourth-order valence-electron chi connectivity index (χ4n) is 0.761. The third-order valence-corrected chi connectivity index (χ3v) is 1.56. The molecule has 0 spiro atoms. The van der Waals surface area contributed by atoms with Crippen LogP contribution in [0.2, 0.25) is 0 Å². The SMILES string of the molecule is C#CC(C)(C)NCCC(=O)OCC. The first-order chi connectivity index (χ1) is 6.02. The summed E-state index contributed by atoms with van der Waals surface area (Å²) < 4.78 is 4.76. The Morgan fingerprint density at radius 1 is 1.62 bits per heavy atom. The molecular weight excluding hydrogens is 166 g/mol. The van der Waals surface area contributed by atoms with Crippen LogP contribution in [0.5, 0.6) is 0 Å². The highest BCUT2D eigenvalue weighted by molar-refractivity contribution is 5.69. The topological polar surface area (TPSA) is 38.3 Å². The van der Waals surface area contributed by atoms with Crippen LogP contribution in [0.1, 0.15) is 27.2 Å². The van der Waals surface area contributed by atoms with Crippen molar-refractivity contribution >= 4 is 5.97 Å². The van der Waals surface area contributed by atoms with Crippen molar-refractivity contribution in [1.29, 1.82) is 0 Å². The Morgan fingerprint density at radius 3 is 2.69 bits per heavy atom. The van der Waals surface area contributed by atoms with Gasteiger partial charge < -0.3 is 10.1 Å². The van der Waals surface area contributed by atoms with Crippen LogP contribution in [-0.4, -0.2) is 24.7 Å². The summed E-state index contributed by atoms with van der Waals surface area (Å²) in [5, 5.41) is 3.06. The second-order valence-electron chi connectivity index (χ2n) is 3.25. The largest absolute Gasteiger partial charge is 0.466 e. The number of carbonyl (C=O) groups excluding carboxylic acids is 1. The van der Waals surface area contributed by atoms with E-state index < -0.39 is 0 Å². The summed E-state index contributed by atoms with van der Waals surface area (Å²) in [7, 11) is 0. The Labute approximate surface area is 79.8 Å². The van der Waals surface area contributed by atoms with E-state index in [1.165, 1.54) is 0 Å². The Kier molecular flexibility index (Phi) is 5.17. The average molecular weight is 183 g/mol. The molecule has 0 heterocycles. The Balaban J connectivity index is 3.57. The Morgan fingerprint density at radius 2 is 2.23 bits per heavy atom. The van der Waals surface area contributed by atoms with Crippen molar-refractivity contribution in [3.8, 4) is 12.3 Å². The average Bonchev–Trinajstić information content (AvgIpc) is 2.05. The molecule has 0 aliphatic heterocycles. The number of carbonyl (C=O) groups is 1. The lowest BCUT2D eigenvalue weighted by molar-refractivity contribution is -0.143. The maximum absolute atomic E-state index is 10.9. The summed E-state index contributed by atoms with van der Waals surface area (Å²) in [4.78, 5) is 10.9. The molecule has 74 valence electrons. The molecule has 1 N–H and O–H groups in total. The van der Waals surface area contributed by atoms with E-state index in [1.54, 1.807) is 6.92 Å². The Bertz CT molecular complexity index is 203. The highest BCUT2D eigenvalue weighted by Crippen LogP contribution is 1.98. The number of hydrogen-bond donors (Lipinski definition) is 1. The highest BCUT2D eigenvalue weighted by Gasteiger charge is 2.12. The molecule has 0 aliphatic carbocycles. The van der Waals surface area contributed by atoms with E-state index in [-0.39, 0.29) is 11.5 Å². The molecule has 0 unspecified atom stereocenters. The molecule has 0 fully saturated rings. The van der Waals surface area contributed by atoms with Crippen molar-refractivity contribution in [3.05, 3.63) is 0 Å². The van der Waals surface area contributed by atoms with Gasteiger partial charge >= 0.3 is 5.97 Å². The molecule has 0 aromatic rings. The third-order valence-electron chi connectivity index (χ3n) is 1.56. The van der Waals surface area contributed by atoms with Crippen LogP contribution in [0.25, 0.3) is 0 Å². The fourth-order valence-corrected chi connectivity index (χ4v) is 0.761. The quantitative estimate of drug-likeness (QED) is 0.509. The third kappa shape index (κ3) is 6.18. The van der Waals surface area contributed by atoms with Crippen LogP contribution < -0.4 is 5.32 Å². The maximum atomic E-state index is 10.9. The monoisotopic (exact) mass is 183 g/mol. The minimum absolute atomic E-state index is 0.192. The van der Waals surface area contributed by atoms with Crippen molar-refractivity contribution in [2.75, 3.05) is 13.2 Å². The number of rotatable bonds is 5. The van der Waals surface area contributed by atoms with Gasteiger partial charge in [-0.1, -0.05) is 5.92 Å².